The van der Waals surface area contributed by atoms with E-state index < -0.39 is 28.5 Å². The molecule has 0 fully saturated rings. The third-order valence-corrected chi connectivity index (χ3v) is 9.01. The summed E-state index contributed by atoms with van der Waals surface area (Å²) in [5, 5.41) is 2.90. The second-order valence-corrected chi connectivity index (χ2v) is 12.6. The van der Waals surface area contributed by atoms with E-state index in [4.69, 9.17) is 4.74 Å². The maximum absolute atomic E-state index is 14.1. The first kappa shape index (κ1) is 32.7. The number of nitrogens with zero attached hydrogens (tertiary/aromatic N) is 2. The van der Waals surface area contributed by atoms with Crippen molar-refractivity contribution in [2.75, 3.05) is 24.5 Å². The molecule has 0 radical (unpaired) electrons. The fourth-order valence-electron chi connectivity index (χ4n) is 4.48. The number of aryl methyl sites for hydroxylation is 1. The van der Waals surface area contributed by atoms with Crippen LogP contribution in [0.1, 0.15) is 63.1 Å². The molecule has 0 bridgehead atoms. The molecule has 0 unspecified atom stereocenters. The average molecular weight is 594 g/mol. The fourth-order valence-corrected chi connectivity index (χ4v) is 5.89. The lowest BCUT2D eigenvalue weighted by Crippen LogP contribution is -2.51. The molecule has 0 heterocycles. The summed E-state index contributed by atoms with van der Waals surface area (Å²) in [6.07, 6.45) is 1.74. The van der Waals surface area contributed by atoms with Gasteiger partial charge in [0.25, 0.3) is 10.0 Å². The van der Waals surface area contributed by atoms with Crippen molar-refractivity contribution in [2.24, 2.45) is 0 Å². The predicted octanol–water partition coefficient (Wildman–Crippen LogP) is 5.66. The number of hydrogen-bond acceptors (Lipinski definition) is 5. The number of anilines is 1. The summed E-state index contributed by atoms with van der Waals surface area (Å²) in [7, 11) is -2.55. The van der Waals surface area contributed by atoms with Gasteiger partial charge in [0.2, 0.25) is 11.8 Å². The summed E-state index contributed by atoms with van der Waals surface area (Å²) < 4.78 is 34.5. The van der Waals surface area contributed by atoms with Crippen molar-refractivity contribution in [1.82, 2.24) is 10.2 Å². The van der Waals surface area contributed by atoms with Gasteiger partial charge in [-0.15, -0.1) is 0 Å². The van der Waals surface area contributed by atoms with Crippen LogP contribution in [0.4, 0.5) is 5.69 Å². The van der Waals surface area contributed by atoms with Gasteiger partial charge in [-0.05, 0) is 73.7 Å². The molecule has 3 aromatic carbocycles. The second kappa shape index (κ2) is 14.9. The van der Waals surface area contributed by atoms with Crippen molar-refractivity contribution >= 4 is 27.5 Å². The van der Waals surface area contributed by atoms with Gasteiger partial charge in [0, 0.05) is 13.1 Å². The Bertz CT molecular complexity index is 1440. The van der Waals surface area contributed by atoms with Crippen LogP contribution in [0.5, 0.6) is 5.75 Å². The lowest BCUT2D eigenvalue weighted by Gasteiger charge is -2.32. The first-order valence-electron chi connectivity index (χ1n) is 14.4. The minimum absolute atomic E-state index is 0.0820. The normalized spacial score (nSPS) is 12.1. The average Bonchev–Trinajstić information content (AvgIpc) is 2.98. The van der Waals surface area contributed by atoms with Gasteiger partial charge in [-0.25, -0.2) is 8.42 Å². The van der Waals surface area contributed by atoms with Crippen LogP contribution in [0.2, 0.25) is 0 Å². The molecule has 42 heavy (non-hydrogen) atoms. The van der Waals surface area contributed by atoms with Crippen molar-refractivity contribution in [3.05, 3.63) is 89.5 Å². The first-order chi connectivity index (χ1) is 20.0. The molecule has 9 heteroatoms. The molecule has 0 aliphatic carbocycles. The molecule has 226 valence electrons. The van der Waals surface area contributed by atoms with Gasteiger partial charge >= 0.3 is 0 Å². The monoisotopic (exact) mass is 593 g/mol. The molecule has 3 aromatic rings. The number of carbonyl (C=O) groups is 2. The summed E-state index contributed by atoms with van der Waals surface area (Å²) in [5.41, 5.74) is 3.10. The van der Waals surface area contributed by atoms with Crippen molar-refractivity contribution < 1.29 is 22.7 Å². The van der Waals surface area contributed by atoms with E-state index in [0.29, 0.717) is 18.0 Å². The SMILES string of the molecule is CCCCNC(=O)[C@H](C)N(Cc1cccc(OC)c1)C(=O)CN(c1ccc(C(C)C)cc1)S(=O)(=O)c1ccc(C)cc1. The molecule has 0 aromatic heterocycles. The number of benzene rings is 3. The van der Waals surface area contributed by atoms with Crippen molar-refractivity contribution in [3.63, 3.8) is 0 Å². The van der Waals surface area contributed by atoms with Gasteiger partial charge in [0.15, 0.2) is 0 Å². The van der Waals surface area contributed by atoms with Gasteiger partial charge in [0.1, 0.15) is 18.3 Å². The van der Waals surface area contributed by atoms with E-state index in [1.807, 2.05) is 38.1 Å². The Labute approximate surface area is 250 Å². The molecule has 0 spiro atoms. The summed E-state index contributed by atoms with van der Waals surface area (Å²) in [5.74, 6) is 0.0792. The summed E-state index contributed by atoms with van der Waals surface area (Å²) in [6.45, 7) is 9.81. The minimum atomic E-state index is -4.11. The van der Waals surface area contributed by atoms with Gasteiger partial charge in [-0.1, -0.05) is 69.2 Å². The summed E-state index contributed by atoms with van der Waals surface area (Å²) in [4.78, 5) is 28.7. The number of methoxy groups -OCH3 is 1. The van der Waals surface area contributed by atoms with Crippen molar-refractivity contribution in [1.29, 1.82) is 0 Å². The van der Waals surface area contributed by atoms with E-state index >= 15 is 0 Å². The molecule has 1 atom stereocenters. The molecule has 0 aliphatic heterocycles. The Hall–Kier alpha value is -3.85. The van der Waals surface area contributed by atoms with Crippen LogP contribution in [0.3, 0.4) is 0 Å². The summed E-state index contributed by atoms with van der Waals surface area (Å²) >= 11 is 0. The Morgan fingerprint density at radius 1 is 0.952 bits per heavy atom. The number of hydrogen-bond donors (Lipinski definition) is 1. The van der Waals surface area contributed by atoms with Crippen LogP contribution in [0.15, 0.2) is 77.7 Å². The third-order valence-electron chi connectivity index (χ3n) is 7.22. The van der Waals surface area contributed by atoms with E-state index in [-0.39, 0.29) is 23.3 Å². The fraction of sp³-hybridized carbons (Fsp3) is 0.394. The van der Waals surface area contributed by atoms with Crippen LogP contribution < -0.4 is 14.4 Å². The van der Waals surface area contributed by atoms with Gasteiger partial charge in [0.05, 0.1) is 17.7 Å². The second-order valence-electron chi connectivity index (χ2n) is 10.8. The molecule has 8 nitrogen and oxygen atoms in total. The van der Waals surface area contributed by atoms with Gasteiger partial charge in [-0.3, -0.25) is 13.9 Å². The van der Waals surface area contributed by atoms with Crippen LogP contribution in [0, 0.1) is 6.92 Å². The number of sulfonamides is 1. The van der Waals surface area contributed by atoms with E-state index in [0.717, 1.165) is 33.8 Å². The highest BCUT2D eigenvalue weighted by atomic mass is 32.2. The molecule has 3 rings (SSSR count). The zero-order valence-electron chi connectivity index (χ0n) is 25.5. The zero-order valence-corrected chi connectivity index (χ0v) is 26.3. The standard InChI is InChI=1S/C33H43N3O5S/c1-7-8-20-34-33(38)26(5)35(22-27-10-9-11-30(21-27)41-6)32(37)23-36(29-16-14-28(15-17-29)24(2)3)42(39,40)31-18-12-25(4)13-19-31/h9-19,21,24,26H,7-8,20,22-23H2,1-6H3,(H,34,38)/t26-/m0/s1. The van der Waals surface area contributed by atoms with Gasteiger partial charge < -0.3 is 15.0 Å². The summed E-state index contributed by atoms with van der Waals surface area (Å²) in [6, 6.07) is 20.2. The number of rotatable bonds is 14. The highest BCUT2D eigenvalue weighted by molar-refractivity contribution is 7.92. The number of carbonyl (C=O) groups excluding carboxylic acids is 2. The Balaban J connectivity index is 2.03. The molecule has 2 amide bonds. The van der Waals surface area contributed by atoms with Crippen LogP contribution in [0.25, 0.3) is 0 Å². The molecule has 0 saturated heterocycles. The van der Waals surface area contributed by atoms with Crippen molar-refractivity contribution in [2.45, 2.75) is 70.9 Å². The lowest BCUT2D eigenvalue weighted by atomic mass is 10.0. The van der Waals surface area contributed by atoms with E-state index in [9.17, 15) is 18.0 Å². The quantitative estimate of drug-likeness (QED) is 0.244. The molecule has 0 saturated carbocycles. The molecule has 1 N–H and O–H groups in total. The number of ether oxygens (including phenoxy) is 1. The number of amides is 2. The Kier molecular flexibility index (Phi) is 11.6. The van der Waals surface area contributed by atoms with E-state index in [1.54, 1.807) is 62.6 Å². The minimum Gasteiger partial charge on any atom is -0.497 e. The zero-order chi connectivity index (χ0) is 30.9. The maximum atomic E-state index is 14.1. The topological polar surface area (TPSA) is 96.0 Å². The highest BCUT2D eigenvalue weighted by Gasteiger charge is 2.32. The van der Waals surface area contributed by atoms with E-state index in [2.05, 4.69) is 19.2 Å². The highest BCUT2D eigenvalue weighted by Crippen LogP contribution is 2.27. The largest absolute Gasteiger partial charge is 0.497 e. The Morgan fingerprint density at radius 3 is 2.21 bits per heavy atom. The van der Waals surface area contributed by atoms with Crippen LogP contribution >= 0.6 is 0 Å². The first-order valence-corrected chi connectivity index (χ1v) is 15.8. The smallest absolute Gasteiger partial charge is 0.264 e. The van der Waals surface area contributed by atoms with Gasteiger partial charge in [-0.2, -0.15) is 0 Å². The van der Waals surface area contributed by atoms with Crippen LogP contribution in [-0.4, -0.2) is 51.4 Å². The maximum Gasteiger partial charge on any atom is 0.264 e. The molecule has 0 aliphatic rings. The van der Waals surface area contributed by atoms with Crippen molar-refractivity contribution in [3.8, 4) is 5.75 Å². The number of nitrogens with one attached hydrogen (secondary N) is 1. The number of unbranched alkanes of at least 4 members (excludes halogenated alkanes) is 1. The predicted molar refractivity (Wildman–Crippen MR) is 167 cm³/mol. The lowest BCUT2D eigenvalue weighted by molar-refractivity contribution is -0.139. The molecular weight excluding hydrogens is 550 g/mol. The van der Waals surface area contributed by atoms with Crippen LogP contribution in [-0.2, 0) is 26.2 Å². The third kappa shape index (κ3) is 8.35. The van der Waals surface area contributed by atoms with E-state index in [1.165, 1.54) is 4.90 Å². The Morgan fingerprint density at radius 2 is 1.62 bits per heavy atom. The molecular formula is C33H43N3O5S.